The van der Waals surface area contributed by atoms with Crippen LogP contribution in [0.3, 0.4) is 0 Å². The third kappa shape index (κ3) is 4.25. The monoisotopic (exact) mass is 356 g/mol. The summed E-state index contributed by atoms with van der Waals surface area (Å²) in [5.74, 6) is -0.905. The minimum Gasteiger partial charge on any atom is -0.384 e. The maximum atomic E-state index is 12.4. The lowest BCUT2D eigenvalue weighted by Crippen LogP contribution is -2.32. The Labute approximate surface area is 152 Å². The molecule has 0 aliphatic carbocycles. The maximum absolute atomic E-state index is 12.4. The first-order chi connectivity index (χ1) is 11.9. The highest BCUT2D eigenvalue weighted by molar-refractivity contribution is 6.03. The van der Waals surface area contributed by atoms with Crippen molar-refractivity contribution in [3.8, 4) is 0 Å². The van der Waals surface area contributed by atoms with E-state index in [9.17, 15) is 24.9 Å². The Morgan fingerprint density at radius 3 is 1.81 bits per heavy atom. The molecule has 0 aliphatic heterocycles. The van der Waals surface area contributed by atoms with Gasteiger partial charge in [-0.25, -0.2) is 0 Å². The van der Waals surface area contributed by atoms with Gasteiger partial charge in [0.25, 0.3) is 0 Å². The molecule has 5 nitrogen and oxygen atoms in total. The van der Waals surface area contributed by atoms with Crippen molar-refractivity contribution < 1.29 is 24.9 Å². The van der Waals surface area contributed by atoms with E-state index in [0.29, 0.717) is 16.7 Å². The summed E-state index contributed by atoms with van der Waals surface area (Å²) in [6, 6.07) is 12.8. The van der Waals surface area contributed by atoms with E-state index in [4.69, 9.17) is 0 Å². The predicted octanol–water partition coefficient (Wildman–Crippen LogP) is 2.68. The second kappa shape index (κ2) is 7.11. The molecule has 1 unspecified atom stereocenters. The van der Waals surface area contributed by atoms with Crippen LogP contribution in [0, 0.1) is 0 Å². The molecule has 2 aromatic carbocycles. The van der Waals surface area contributed by atoms with Crippen LogP contribution in [-0.2, 0) is 0 Å². The molecule has 26 heavy (non-hydrogen) atoms. The van der Waals surface area contributed by atoms with Crippen LogP contribution in [0.2, 0.25) is 0 Å². The summed E-state index contributed by atoms with van der Waals surface area (Å²) in [5.41, 5.74) is -1.60. The van der Waals surface area contributed by atoms with E-state index >= 15 is 0 Å². The average molecular weight is 356 g/mol. The summed E-state index contributed by atoms with van der Waals surface area (Å²) in [5, 5.41) is 30.5. The molecular weight excluding hydrogens is 332 g/mol. The zero-order chi connectivity index (χ0) is 19.7. The van der Waals surface area contributed by atoms with E-state index in [1.165, 1.54) is 39.8 Å². The minimum atomic E-state index is -1.56. The van der Waals surface area contributed by atoms with Gasteiger partial charge in [0.05, 0.1) is 0 Å². The van der Waals surface area contributed by atoms with Crippen LogP contribution in [0.1, 0.15) is 65.6 Å². The summed E-state index contributed by atoms with van der Waals surface area (Å²) in [7, 11) is 0. The third-order valence-corrected chi connectivity index (χ3v) is 4.10. The molecule has 3 N–H and O–H groups in total. The van der Waals surface area contributed by atoms with Gasteiger partial charge in [0.2, 0.25) is 0 Å². The lowest BCUT2D eigenvalue weighted by atomic mass is 9.88. The molecule has 2 aromatic rings. The second-order valence-corrected chi connectivity index (χ2v) is 7.39. The average Bonchev–Trinajstić information content (AvgIpc) is 2.58. The van der Waals surface area contributed by atoms with Gasteiger partial charge >= 0.3 is 0 Å². The van der Waals surface area contributed by atoms with Crippen molar-refractivity contribution in [1.82, 2.24) is 0 Å². The normalized spacial score (nSPS) is 13.3. The van der Waals surface area contributed by atoms with Crippen LogP contribution < -0.4 is 0 Å². The van der Waals surface area contributed by atoms with E-state index < -0.39 is 28.9 Å². The van der Waals surface area contributed by atoms with Crippen molar-refractivity contribution in [3.63, 3.8) is 0 Å². The van der Waals surface area contributed by atoms with E-state index in [0.717, 1.165) is 0 Å². The zero-order valence-corrected chi connectivity index (χ0v) is 15.4. The molecule has 0 bridgehead atoms. The fraction of sp³-hybridized carbons (Fsp3) is 0.333. The first-order valence-corrected chi connectivity index (χ1v) is 8.34. The molecule has 0 aromatic heterocycles. The van der Waals surface area contributed by atoms with Crippen LogP contribution >= 0.6 is 0 Å². The maximum Gasteiger partial charge on any atom is 0.194 e. The topological polar surface area (TPSA) is 94.8 Å². The minimum absolute atomic E-state index is 0.240. The van der Waals surface area contributed by atoms with Crippen LogP contribution in [0.15, 0.2) is 48.5 Å². The van der Waals surface area contributed by atoms with Gasteiger partial charge in [-0.1, -0.05) is 48.5 Å². The first kappa shape index (κ1) is 20.0. The van der Waals surface area contributed by atoms with Gasteiger partial charge in [0.1, 0.15) is 17.3 Å². The number of carbonyl (C=O) groups excluding carboxylic acids is 2. The molecule has 1 atom stereocenters. The summed E-state index contributed by atoms with van der Waals surface area (Å²) in [6.07, 6.45) is -1.09. The standard InChI is InChI=1S/C21H24O5/c1-20(2,25)18(23)14-11-9-13(10-12-14)17(22)15-7-5-6-8-16(15)19(24)21(3,4)26/h5-12,17,22,25-26H,1-4H3. The van der Waals surface area contributed by atoms with Gasteiger partial charge in [-0.05, 0) is 38.8 Å². The van der Waals surface area contributed by atoms with Gasteiger partial charge in [-0.3, -0.25) is 9.59 Å². The van der Waals surface area contributed by atoms with Crippen LogP contribution in [-0.4, -0.2) is 38.1 Å². The molecule has 0 spiro atoms. The van der Waals surface area contributed by atoms with Gasteiger partial charge in [0, 0.05) is 11.1 Å². The van der Waals surface area contributed by atoms with Crippen LogP contribution in [0.5, 0.6) is 0 Å². The Kier molecular flexibility index (Phi) is 5.47. The summed E-state index contributed by atoms with van der Waals surface area (Å²) in [6.45, 7) is 5.62. The number of rotatable bonds is 6. The Balaban J connectivity index is 2.38. The first-order valence-electron chi connectivity index (χ1n) is 8.34. The van der Waals surface area contributed by atoms with Crippen molar-refractivity contribution in [2.45, 2.75) is 45.0 Å². The third-order valence-electron chi connectivity index (χ3n) is 4.10. The van der Waals surface area contributed by atoms with E-state index in [1.54, 1.807) is 36.4 Å². The highest BCUT2D eigenvalue weighted by Gasteiger charge is 2.29. The summed E-state index contributed by atoms with van der Waals surface area (Å²) < 4.78 is 0. The molecule has 0 radical (unpaired) electrons. The van der Waals surface area contributed by atoms with Gasteiger partial charge in [-0.15, -0.1) is 0 Å². The number of ketones is 2. The SMILES string of the molecule is CC(C)(O)C(=O)c1ccc(C(O)c2ccccc2C(=O)C(C)(C)O)cc1. The molecule has 0 amide bonds. The summed E-state index contributed by atoms with van der Waals surface area (Å²) in [4.78, 5) is 24.5. The number of aliphatic hydroxyl groups is 3. The molecule has 2 rings (SSSR count). The Morgan fingerprint density at radius 2 is 1.31 bits per heavy atom. The second-order valence-electron chi connectivity index (χ2n) is 7.39. The number of benzene rings is 2. The van der Waals surface area contributed by atoms with Gasteiger partial charge in [0.15, 0.2) is 11.6 Å². The number of hydrogen-bond acceptors (Lipinski definition) is 5. The fourth-order valence-corrected chi connectivity index (χ4v) is 2.62. The number of hydrogen-bond donors (Lipinski definition) is 3. The Bertz CT molecular complexity index is 808. The molecule has 0 heterocycles. The van der Waals surface area contributed by atoms with E-state index in [1.807, 2.05) is 0 Å². The zero-order valence-electron chi connectivity index (χ0n) is 15.4. The fourth-order valence-electron chi connectivity index (χ4n) is 2.62. The lowest BCUT2D eigenvalue weighted by Gasteiger charge is -2.21. The van der Waals surface area contributed by atoms with Crippen molar-refractivity contribution >= 4 is 11.6 Å². The lowest BCUT2D eigenvalue weighted by molar-refractivity contribution is 0.0484. The molecule has 138 valence electrons. The van der Waals surface area contributed by atoms with Gasteiger partial charge < -0.3 is 15.3 Å². The number of aliphatic hydroxyl groups excluding tert-OH is 1. The highest BCUT2D eigenvalue weighted by atomic mass is 16.3. The Morgan fingerprint density at radius 1 is 0.808 bits per heavy atom. The van der Waals surface area contributed by atoms with E-state index in [-0.39, 0.29) is 5.56 Å². The molecular formula is C21H24O5. The quantitative estimate of drug-likeness (QED) is 0.692. The summed E-state index contributed by atoms with van der Waals surface area (Å²) >= 11 is 0. The molecule has 0 fully saturated rings. The smallest absolute Gasteiger partial charge is 0.194 e. The van der Waals surface area contributed by atoms with Crippen LogP contribution in [0.25, 0.3) is 0 Å². The van der Waals surface area contributed by atoms with Crippen molar-refractivity contribution in [1.29, 1.82) is 0 Å². The van der Waals surface area contributed by atoms with Crippen molar-refractivity contribution in [2.24, 2.45) is 0 Å². The van der Waals surface area contributed by atoms with E-state index in [2.05, 4.69) is 0 Å². The number of carbonyl (C=O) groups is 2. The largest absolute Gasteiger partial charge is 0.384 e. The predicted molar refractivity (Wildman–Crippen MR) is 98.2 cm³/mol. The molecule has 0 aliphatic rings. The molecule has 0 saturated heterocycles. The van der Waals surface area contributed by atoms with Crippen molar-refractivity contribution in [3.05, 3.63) is 70.8 Å². The highest BCUT2D eigenvalue weighted by Crippen LogP contribution is 2.28. The number of Topliss-reactive ketones (excluding diaryl/α,β-unsaturated/α-hetero) is 2. The Hall–Kier alpha value is -2.34. The molecule has 0 saturated carbocycles. The van der Waals surface area contributed by atoms with Gasteiger partial charge in [-0.2, -0.15) is 0 Å². The van der Waals surface area contributed by atoms with Crippen molar-refractivity contribution in [2.75, 3.05) is 0 Å². The molecule has 5 heteroatoms. The van der Waals surface area contributed by atoms with Crippen LogP contribution in [0.4, 0.5) is 0 Å².